The number of carbonyl (C=O) groups is 2. The molecule has 0 spiro atoms. The fourth-order valence-electron chi connectivity index (χ4n) is 5.04. The van der Waals surface area contributed by atoms with Gasteiger partial charge < -0.3 is 19.7 Å². The van der Waals surface area contributed by atoms with Gasteiger partial charge in [0.2, 0.25) is 0 Å². The number of ether oxygens (including phenoxy) is 2. The van der Waals surface area contributed by atoms with Crippen LogP contribution in [-0.4, -0.2) is 34.7 Å². The Kier molecular flexibility index (Phi) is 32.5. The Labute approximate surface area is 282 Å². The lowest BCUT2D eigenvalue weighted by molar-refractivity contribution is -0.328. The second kappa shape index (κ2) is 34.2. The molecular formula is C40H70O6. The molecule has 0 radical (unpaired) electrons. The minimum Gasteiger partial charge on any atom is -0.398 e. The number of hydrogen-bond donors (Lipinski definition) is 2. The number of allylic oxidation sites excluding steroid dienone is 8. The molecule has 0 saturated carbocycles. The van der Waals surface area contributed by atoms with E-state index >= 15 is 0 Å². The highest BCUT2D eigenvalue weighted by Crippen LogP contribution is 2.21. The first-order valence-electron chi connectivity index (χ1n) is 18.8. The van der Waals surface area contributed by atoms with E-state index in [-0.39, 0.29) is 32.3 Å². The first-order valence-corrected chi connectivity index (χ1v) is 18.8. The Morgan fingerprint density at radius 3 is 1.22 bits per heavy atom. The number of rotatable bonds is 33. The van der Waals surface area contributed by atoms with Crippen LogP contribution >= 0.6 is 0 Å². The van der Waals surface area contributed by atoms with Crippen LogP contribution in [0.2, 0.25) is 0 Å². The quantitative estimate of drug-likeness (QED) is 0.0319. The molecule has 0 atom stereocenters. The average Bonchev–Trinajstić information content (AvgIpc) is 3.03. The largest absolute Gasteiger partial charge is 0.398 e. The van der Waals surface area contributed by atoms with Crippen LogP contribution in [0.25, 0.3) is 0 Å². The van der Waals surface area contributed by atoms with Gasteiger partial charge in [-0.1, -0.05) is 127 Å². The smallest absolute Gasteiger partial charge is 0.373 e. The molecule has 46 heavy (non-hydrogen) atoms. The maximum atomic E-state index is 12.4. The second-order valence-electron chi connectivity index (χ2n) is 12.4. The molecule has 0 rings (SSSR count). The second-order valence-corrected chi connectivity index (χ2v) is 12.4. The summed E-state index contributed by atoms with van der Waals surface area (Å²) in [5.41, 5.74) is 0. The summed E-state index contributed by atoms with van der Waals surface area (Å²) in [7, 11) is 0. The van der Waals surface area contributed by atoms with E-state index in [1.807, 2.05) is 0 Å². The highest BCUT2D eigenvalue weighted by molar-refractivity contribution is 5.71. The van der Waals surface area contributed by atoms with Crippen molar-refractivity contribution in [2.45, 2.75) is 187 Å². The van der Waals surface area contributed by atoms with Crippen LogP contribution in [-0.2, 0) is 19.1 Å². The highest BCUT2D eigenvalue weighted by Gasteiger charge is 2.35. The van der Waals surface area contributed by atoms with Crippen LogP contribution in [0.3, 0.4) is 0 Å². The molecular weight excluding hydrogens is 576 g/mol. The topological polar surface area (TPSA) is 93.1 Å². The maximum Gasteiger partial charge on any atom is 0.373 e. The summed E-state index contributed by atoms with van der Waals surface area (Å²) in [6.07, 6.45) is 42.2. The molecule has 0 saturated heterocycles. The summed E-state index contributed by atoms with van der Waals surface area (Å²) in [5.74, 6) is -3.49. The minimum atomic E-state index is -2.31. The van der Waals surface area contributed by atoms with Crippen molar-refractivity contribution in [3.63, 3.8) is 0 Å². The Balaban J connectivity index is 4.00. The van der Waals surface area contributed by atoms with Gasteiger partial charge in [0.1, 0.15) is 0 Å². The standard InChI is InChI=1S/C40H70O6/c1-3-5-7-9-11-13-15-17-19-21-23-25-27-29-31-34-38(42)45-40(44,36-33-37-41)46-39(43)35-32-30-28-26-24-22-20-18-16-14-12-10-8-6-4-2/h11-14,17-20,41,44H,3-10,15-16,21-37H2,1-2H3/b13-11-,14-12-,19-17-,20-18-. The number of hydrogen-bond acceptors (Lipinski definition) is 6. The molecule has 266 valence electrons. The summed E-state index contributed by atoms with van der Waals surface area (Å²) < 4.78 is 10.4. The third-order valence-corrected chi connectivity index (χ3v) is 7.86. The van der Waals surface area contributed by atoms with Gasteiger partial charge in [-0.2, -0.15) is 0 Å². The molecule has 6 nitrogen and oxygen atoms in total. The average molecular weight is 647 g/mol. The number of unbranched alkanes of at least 4 members (excludes halogenated alkanes) is 16. The van der Waals surface area contributed by atoms with Crippen molar-refractivity contribution in [1.29, 1.82) is 0 Å². The molecule has 0 heterocycles. The fraction of sp³-hybridized carbons (Fsp3) is 0.750. The molecule has 0 aromatic carbocycles. The molecule has 0 unspecified atom stereocenters. The van der Waals surface area contributed by atoms with E-state index < -0.39 is 17.9 Å². The maximum absolute atomic E-state index is 12.4. The molecule has 0 fully saturated rings. The van der Waals surface area contributed by atoms with Gasteiger partial charge in [-0.3, -0.25) is 9.59 Å². The highest BCUT2D eigenvalue weighted by atomic mass is 16.8. The molecule has 6 heteroatoms. The third-order valence-electron chi connectivity index (χ3n) is 7.86. The van der Waals surface area contributed by atoms with Gasteiger partial charge in [0.15, 0.2) is 0 Å². The van der Waals surface area contributed by atoms with Crippen LogP contribution in [0.5, 0.6) is 0 Å². The zero-order valence-electron chi connectivity index (χ0n) is 29.7. The van der Waals surface area contributed by atoms with Crippen molar-refractivity contribution in [2.75, 3.05) is 6.61 Å². The molecule has 0 aromatic heterocycles. The summed E-state index contributed by atoms with van der Waals surface area (Å²) in [4.78, 5) is 24.8. The zero-order chi connectivity index (χ0) is 33.8. The Morgan fingerprint density at radius 1 is 0.500 bits per heavy atom. The van der Waals surface area contributed by atoms with E-state index in [4.69, 9.17) is 9.47 Å². The lowest BCUT2D eigenvalue weighted by Crippen LogP contribution is -2.40. The Morgan fingerprint density at radius 2 is 0.848 bits per heavy atom. The van der Waals surface area contributed by atoms with Crippen molar-refractivity contribution in [1.82, 2.24) is 0 Å². The van der Waals surface area contributed by atoms with E-state index in [9.17, 15) is 19.8 Å². The first-order chi connectivity index (χ1) is 22.5. The van der Waals surface area contributed by atoms with Crippen molar-refractivity contribution < 1.29 is 29.3 Å². The van der Waals surface area contributed by atoms with Crippen molar-refractivity contribution in [3.05, 3.63) is 48.6 Å². The van der Waals surface area contributed by atoms with Crippen LogP contribution in [0, 0.1) is 0 Å². The fourth-order valence-corrected chi connectivity index (χ4v) is 5.04. The molecule has 0 aliphatic carbocycles. The van der Waals surface area contributed by atoms with Gasteiger partial charge in [0.25, 0.3) is 0 Å². The van der Waals surface area contributed by atoms with Gasteiger partial charge in [0.05, 0.1) is 6.42 Å². The molecule has 0 amide bonds. The number of carbonyl (C=O) groups excluding carboxylic acids is 2. The van der Waals surface area contributed by atoms with E-state index in [1.54, 1.807) is 0 Å². The lowest BCUT2D eigenvalue weighted by atomic mass is 10.1. The first kappa shape index (κ1) is 43.8. The van der Waals surface area contributed by atoms with Gasteiger partial charge in [-0.15, -0.1) is 0 Å². The van der Waals surface area contributed by atoms with Crippen LogP contribution in [0.15, 0.2) is 48.6 Å². The van der Waals surface area contributed by atoms with E-state index in [0.717, 1.165) is 77.0 Å². The summed E-state index contributed by atoms with van der Waals surface area (Å²) in [5, 5.41) is 19.9. The zero-order valence-corrected chi connectivity index (χ0v) is 29.7. The third kappa shape index (κ3) is 31.8. The predicted molar refractivity (Wildman–Crippen MR) is 192 cm³/mol. The summed E-state index contributed by atoms with van der Waals surface area (Å²) in [6.45, 7) is 4.25. The van der Waals surface area contributed by atoms with E-state index in [1.165, 1.54) is 51.4 Å². The normalized spacial score (nSPS) is 12.3. The summed E-state index contributed by atoms with van der Waals surface area (Å²) in [6, 6.07) is 0. The van der Waals surface area contributed by atoms with Crippen LogP contribution in [0.1, 0.15) is 181 Å². The Bertz CT molecular complexity index is 753. The van der Waals surface area contributed by atoms with Crippen LogP contribution < -0.4 is 0 Å². The van der Waals surface area contributed by atoms with E-state index in [0.29, 0.717) is 12.8 Å². The van der Waals surface area contributed by atoms with Crippen molar-refractivity contribution in [3.8, 4) is 0 Å². The number of aliphatic hydroxyl groups is 2. The lowest BCUT2D eigenvalue weighted by Gasteiger charge is -2.27. The van der Waals surface area contributed by atoms with Crippen LogP contribution in [0.4, 0.5) is 0 Å². The minimum absolute atomic E-state index is 0.148. The Hall–Kier alpha value is -2.18. The van der Waals surface area contributed by atoms with Gasteiger partial charge in [0, 0.05) is 19.4 Å². The molecule has 2 N–H and O–H groups in total. The molecule has 0 bridgehead atoms. The summed E-state index contributed by atoms with van der Waals surface area (Å²) >= 11 is 0. The SMILES string of the molecule is CCCCC/C=C\C/C=C\CCCCCCCC(=O)OC(O)(CCCO)OC(=O)CCCCCCC/C=C\C/C=C\CCCCC. The van der Waals surface area contributed by atoms with Gasteiger partial charge in [-0.05, 0) is 83.5 Å². The predicted octanol–water partition coefficient (Wildman–Crippen LogP) is 11.1. The number of esters is 2. The molecule has 0 aliphatic rings. The molecule has 0 aromatic rings. The van der Waals surface area contributed by atoms with Gasteiger partial charge >= 0.3 is 17.9 Å². The van der Waals surface area contributed by atoms with Gasteiger partial charge in [-0.25, -0.2) is 0 Å². The monoisotopic (exact) mass is 647 g/mol. The van der Waals surface area contributed by atoms with Crippen molar-refractivity contribution >= 4 is 11.9 Å². The van der Waals surface area contributed by atoms with E-state index in [2.05, 4.69) is 62.5 Å². The molecule has 0 aliphatic heterocycles. The number of aliphatic hydroxyl groups excluding tert-OH is 1. The van der Waals surface area contributed by atoms with Crippen molar-refractivity contribution in [2.24, 2.45) is 0 Å².